The summed E-state index contributed by atoms with van der Waals surface area (Å²) >= 11 is 5.70. The maximum Gasteiger partial charge on any atom is 0.352 e. The molecule has 16 heavy (non-hydrogen) atoms. The first-order chi connectivity index (χ1) is 7.43. The number of pyridine rings is 1. The van der Waals surface area contributed by atoms with Gasteiger partial charge in [0.05, 0.1) is 16.1 Å². The number of nitrogens with zero attached hydrogens (tertiary/aromatic N) is 2. The van der Waals surface area contributed by atoms with Crippen molar-refractivity contribution in [3.8, 4) is 0 Å². The van der Waals surface area contributed by atoms with Gasteiger partial charge in [-0.3, -0.25) is 0 Å². The molecular formula is C10H8ClFN2O2. The molecule has 0 radical (unpaired) electrons. The van der Waals surface area contributed by atoms with E-state index in [0.29, 0.717) is 5.69 Å². The Bertz CT molecular complexity index is 607. The average molecular weight is 243 g/mol. The van der Waals surface area contributed by atoms with Crippen LogP contribution in [-0.2, 0) is 7.05 Å². The van der Waals surface area contributed by atoms with E-state index in [1.54, 1.807) is 6.92 Å². The Morgan fingerprint density at radius 1 is 1.62 bits per heavy atom. The molecule has 2 heterocycles. The number of halogens is 2. The highest BCUT2D eigenvalue weighted by atomic mass is 35.5. The normalized spacial score (nSPS) is 11.0. The van der Waals surface area contributed by atoms with Crippen LogP contribution in [0, 0.1) is 12.7 Å². The SMILES string of the molecule is Cc1nc2c(cc(C(=O)O)n2C)c(F)c1Cl. The van der Waals surface area contributed by atoms with Crippen molar-refractivity contribution >= 4 is 28.6 Å². The third-order valence-corrected chi connectivity index (χ3v) is 2.88. The highest BCUT2D eigenvalue weighted by Gasteiger charge is 2.18. The molecule has 0 aliphatic heterocycles. The lowest BCUT2D eigenvalue weighted by molar-refractivity contribution is 0.0687. The van der Waals surface area contributed by atoms with E-state index in [1.807, 2.05) is 0 Å². The molecule has 2 aromatic heterocycles. The number of aromatic nitrogens is 2. The van der Waals surface area contributed by atoms with E-state index in [9.17, 15) is 9.18 Å². The topological polar surface area (TPSA) is 55.1 Å². The van der Waals surface area contributed by atoms with Crippen LogP contribution >= 0.6 is 11.6 Å². The third-order valence-electron chi connectivity index (χ3n) is 2.44. The summed E-state index contributed by atoms with van der Waals surface area (Å²) in [7, 11) is 1.52. The van der Waals surface area contributed by atoms with Crippen LogP contribution in [0.3, 0.4) is 0 Å². The van der Waals surface area contributed by atoms with Crippen LogP contribution in [0.4, 0.5) is 4.39 Å². The first kappa shape index (κ1) is 10.9. The van der Waals surface area contributed by atoms with E-state index in [2.05, 4.69) is 4.98 Å². The molecule has 1 N–H and O–H groups in total. The van der Waals surface area contributed by atoms with Gasteiger partial charge in [0.15, 0.2) is 5.82 Å². The molecule has 0 saturated carbocycles. The van der Waals surface area contributed by atoms with E-state index in [1.165, 1.54) is 17.7 Å². The highest BCUT2D eigenvalue weighted by Crippen LogP contribution is 2.27. The fourth-order valence-electron chi connectivity index (χ4n) is 1.58. The van der Waals surface area contributed by atoms with Crippen LogP contribution in [-0.4, -0.2) is 20.6 Å². The van der Waals surface area contributed by atoms with Gasteiger partial charge in [0, 0.05) is 7.05 Å². The van der Waals surface area contributed by atoms with Crippen molar-refractivity contribution in [2.24, 2.45) is 7.05 Å². The monoisotopic (exact) mass is 242 g/mol. The van der Waals surface area contributed by atoms with Gasteiger partial charge in [-0.15, -0.1) is 0 Å². The van der Waals surface area contributed by atoms with Crippen molar-refractivity contribution in [3.05, 3.63) is 28.3 Å². The van der Waals surface area contributed by atoms with Crippen LogP contribution in [0.15, 0.2) is 6.07 Å². The fourth-order valence-corrected chi connectivity index (χ4v) is 1.72. The summed E-state index contributed by atoms with van der Waals surface area (Å²) in [5.74, 6) is -1.76. The van der Waals surface area contributed by atoms with Gasteiger partial charge < -0.3 is 9.67 Å². The number of fused-ring (bicyclic) bond motifs is 1. The van der Waals surface area contributed by atoms with Gasteiger partial charge >= 0.3 is 5.97 Å². The second-order valence-corrected chi connectivity index (χ2v) is 3.83. The molecule has 0 bridgehead atoms. The molecule has 4 nitrogen and oxygen atoms in total. The van der Waals surface area contributed by atoms with Gasteiger partial charge in [0.1, 0.15) is 11.3 Å². The molecule has 84 valence electrons. The van der Waals surface area contributed by atoms with Crippen molar-refractivity contribution < 1.29 is 14.3 Å². The molecule has 0 amide bonds. The summed E-state index contributed by atoms with van der Waals surface area (Å²) < 4.78 is 15.1. The molecular weight excluding hydrogens is 235 g/mol. The third kappa shape index (κ3) is 1.36. The zero-order valence-electron chi connectivity index (χ0n) is 8.58. The van der Waals surface area contributed by atoms with Gasteiger partial charge in [-0.2, -0.15) is 0 Å². The molecule has 0 atom stereocenters. The molecule has 0 aromatic carbocycles. The Hall–Kier alpha value is -1.62. The first-order valence-corrected chi connectivity index (χ1v) is 4.85. The molecule has 6 heteroatoms. The summed E-state index contributed by atoms with van der Waals surface area (Å²) in [6.45, 7) is 1.57. The molecule has 0 fully saturated rings. The van der Waals surface area contributed by atoms with E-state index >= 15 is 0 Å². The summed E-state index contributed by atoms with van der Waals surface area (Å²) in [5.41, 5.74) is 0.588. The quantitative estimate of drug-likeness (QED) is 0.835. The summed E-state index contributed by atoms with van der Waals surface area (Å²) in [6.07, 6.45) is 0. The molecule has 2 aromatic rings. The lowest BCUT2D eigenvalue weighted by Gasteiger charge is -2.02. The number of aryl methyl sites for hydroxylation is 2. The molecule has 0 aliphatic carbocycles. The van der Waals surface area contributed by atoms with Gasteiger partial charge in [-0.1, -0.05) is 11.6 Å². The maximum absolute atomic E-state index is 13.7. The van der Waals surface area contributed by atoms with Crippen LogP contribution < -0.4 is 0 Å². The minimum absolute atomic E-state index is 0.0249. The van der Waals surface area contributed by atoms with E-state index < -0.39 is 11.8 Å². The van der Waals surface area contributed by atoms with Gasteiger partial charge in [0.2, 0.25) is 0 Å². The Kier molecular flexibility index (Phi) is 2.35. The largest absolute Gasteiger partial charge is 0.477 e. The van der Waals surface area contributed by atoms with Gasteiger partial charge in [-0.05, 0) is 13.0 Å². The van der Waals surface area contributed by atoms with Crippen LogP contribution in [0.1, 0.15) is 16.2 Å². The van der Waals surface area contributed by atoms with Crippen molar-refractivity contribution in [2.45, 2.75) is 6.92 Å². The summed E-state index contributed by atoms with van der Waals surface area (Å²) in [6, 6.07) is 1.23. The minimum Gasteiger partial charge on any atom is -0.477 e. The van der Waals surface area contributed by atoms with Crippen molar-refractivity contribution in [1.82, 2.24) is 9.55 Å². The number of hydrogen-bond donors (Lipinski definition) is 1. The zero-order valence-corrected chi connectivity index (χ0v) is 9.34. The van der Waals surface area contributed by atoms with Gasteiger partial charge in [0.25, 0.3) is 0 Å². The number of hydrogen-bond acceptors (Lipinski definition) is 2. The lowest BCUT2D eigenvalue weighted by Crippen LogP contribution is -2.04. The highest BCUT2D eigenvalue weighted by molar-refractivity contribution is 6.32. The molecule has 0 aliphatic rings. The number of carboxylic acid groups (broad SMARTS) is 1. The summed E-state index contributed by atoms with van der Waals surface area (Å²) in [5, 5.41) is 8.94. The molecule has 0 unspecified atom stereocenters. The van der Waals surface area contributed by atoms with Crippen molar-refractivity contribution in [2.75, 3.05) is 0 Å². The number of rotatable bonds is 1. The fraction of sp³-hybridized carbons (Fsp3) is 0.200. The van der Waals surface area contributed by atoms with Crippen molar-refractivity contribution in [1.29, 1.82) is 0 Å². The first-order valence-electron chi connectivity index (χ1n) is 4.47. The Morgan fingerprint density at radius 2 is 2.25 bits per heavy atom. The second kappa shape index (κ2) is 3.45. The molecule has 2 rings (SSSR count). The smallest absolute Gasteiger partial charge is 0.352 e. The Morgan fingerprint density at radius 3 is 2.81 bits per heavy atom. The van der Waals surface area contributed by atoms with E-state index in [4.69, 9.17) is 16.7 Å². The zero-order chi connectivity index (χ0) is 12.0. The number of aromatic carboxylic acids is 1. The predicted molar refractivity (Wildman–Crippen MR) is 57.4 cm³/mol. The second-order valence-electron chi connectivity index (χ2n) is 3.46. The summed E-state index contributed by atoms with van der Waals surface area (Å²) in [4.78, 5) is 14.9. The van der Waals surface area contributed by atoms with Crippen LogP contribution in [0.2, 0.25) is 5.02 Å². The van der Waals surface area contributed by atoms with Gasteiger partial charge in [-0.25, -0.2) is 14.2 Å². The number of carbonyl (C=O) groups is 1. The van der Waals surface area contributed by atoms with E-state index in [0.717, 1.165) is 0 Å². The van der Waals surface area contributed by atoms with E-state index in [-0.39, 0.29) is 21.7 Å². The Balaban J connectivity index is 2.92. The van der Waals surface area contributed by atoms with Crippen molar-refractivity contribution in [3.63, 3.8) is 0 Å². The maximum atomic E-state index is 13.7. The molecule has 0 spiro atoms. The lowest BCUT2D eigenvalue weighted by atomic mass is 10.2. The Labute approximate surface area is 95.3 Å². The predicted octanol–water partition coefficient (Wildman–Crippen LogP) is 2.37. The standard InChI is InChI=1S/C10H8ClFN2O2/c1-4-7(11)8(12)5-3-6(10(15)16)14(2)9(5)13-4/h3H,1-2H3,(H,15,16). The number of carboxylic acids is 1. The van der Waals surface area contributed by atoms with Crippen LogP contribution in [0.5, 0.6) is 0 Å². The van der Waals surface area contributed by atoms with Crippen LogP contribution in [0.25, 0.3) is 11.0 Å². The average Bonchev–Trinajstić information content (AvgIpc) is 2.54. The minimum atomic E-state index is -1.13. The molecule has 0 saturated heterocycles.